The molecule has 0 spiro atoms. The van der Waals surface area contributed by atoms with Crippen molar-refractivity contribution in [3.8, 4) is 0 Å². The van der Waals surface area contributed by atoms with Crippen LogP contribution in [0.15, 0.2) is 42.7 Å². The van der Waals surface area contributed by atoms with Crippen LogP contribution in [-0.4, -0.2) is 0 Å². The van der Waals surface area contributed by atoms with Crippen LogP contribution < -0.4 is 0 Å². The summed E-state index contributed by atoms with van der Waals surface area (Å²) in [5.74, 6) is 2.63. The molecule has 0 aliphatic heterocycles. The van der Waals surface area contributed by atoms with Gasteiger partial charge in [-0.3, -0.25) is 0 Å². The minimum absolute atomic E-state index is 0.688. The molecule has 62 valence electrons. The zero-order valence-corrected chi connectivity index (χ0v) is 7.24. The molecule has 0 heterocycles. The lowest BCUT2D eigenvalue weighted by atomic mass is 9.95. The highest BCUT2D eigenvalue weighted by Crippen LogP contribution is 2.50. The molecule has 2 aliphatic carbocycles. The van der Waals surface area contributed by atoms with E-state index >= 15 is 0 Å². The van der Waals surface area contributed by atoms with Gasteiger partial charge in [-0.05, 0) is 36.7 Å². The van der Waals surface area contributed by atoms with Crippen molar-refractivity contribution < 1.29 is 0 Å². The molecule has 0 aromatic heterocycles. The Hall–Kier alpha value is -1.00. The van der Waals surface area contributed by atoms with Crippen molar-refractivity contribution in [3.05, 3.63) is 42.7 Å². The highest BCUT2D eigenvalue weighted by Gasteiger charge is 2.41. The Balaban J connectivity index is 1.99. The standard InChI is InChI=1S/C12H14/c1-2-3-4-6-10-7-5-8-11-9-12(10)11/h3-7,10-12H,1,8-9H2. The molecule has 0 bridgehead atoms. The third-order valence-electron chi connectivity index (χ3n) is 2.82. The van der Waals surface area contributed by atoms with E-state index in [9.17, 15) is 0 Å². The monoisotopic (exact) mass is 158 g/mol. The maximum Gasteiger partial charge on any atom is -0.00190 e. The van der Waals surface area contributed by atoms with E-state index < -0.39 is 0 Å². The second-order valence-corrected chi connectivity index (χ2v) is 3.66. The van der Waals surface area contributed by atoms with Crippen LogP contribution in [0.2, 0.25) is 0 Å². The summed E-state index contributed by atoms with van der Waals surface area (Å²) < 4.78 is 0. The van der Waals surface area contributed by atoms with Gasteiger partial charge in [0.05, 0.1) is 0 Å². The van der Waals surface area contributed by atoms with Gasteiger partial charge < -0.3 is 0 Å². The number of fused-ring (bicyclic) bond motifs is 1. The summed E-state index contributed by atoms with van der Waals surface area (Å²) in [4.78, 5) is 0. The first-order valence-corrected chi connectivity index (χ1v) is 4.61. The Bertz CT molecular complexity index is 264. The first kappa shape index (κ1) is 7.64. The second kappa shape index (κ2) is 3.16. The Labute approximate surface area is 74.0 Å². The van der Waals surface area contributed by atoms with Crippen molar-refractivity contribution in [2.75, 3.05) is 0 Å². The van der Waals surface area contributed by atoms with E-state index in [0.717, 1.165) is 11.8 Å². The van der Waals surface area contributed by atoms with Crippen LogP contribution in [0.4, 0.5) is 0 Å². The average Bonchev–Trinajstić information content (AvgIpc) is 2.84. The molecule has 0 nitrogen and oxygen atoms in total. The SMILES string of the molecule is C=C=CC=CC1C=CCC2CC12. The van der Waals surface area contributed by atoms with E-state index in [-0.39, 0.29) is 0 Å². The highest BCUT2D eigenvalue weighted by molar-refractivity contribution is 5.17. The molecule has 0 aromatic carbocycles. The van der Waals surface area contributed by atoms with E-state index in [1.54, 1.807) is 0 Å². The normalized spacial score (nSPS) is 37.5. The molecule has 2 aliphatic rings. The van der Waals surface area contributed by atoms with Crippen molar-refractivity contribution >= 4 is 0 Å². The Morgan fingerprint density at radius 3 is 3.25 bits per heavy atom. The molecular weight excluding hydrogens is 144 g/mol. The van der Waals surface area contributed by atoms with Crippen molar-refractivity contribution in [3.63, 3.8) is 0 Å². The molecule has 1 fully saturated rings. The molecule has 0 heteroatoms. The van der Waals surface area contributed by atoms with Gasteiger partial charge in [0.25, 0.3) is 0 Å². The van der Waals surface area contributed by atoms with Crippen LogP contribution in [-0.2, 0) is 0 Å². The van der Waals surface area contributed by atoms with Gasteiger partial charge in [-0.25, -0.2) is 0 Å². The summed E-state index contributed by atoms with van der Waals surface area (Å²) in [6.07, 6.45) is 13.6. The van der Waals surface area contributed by atoms with Crippen LogP contribution >= 0.6 is 0 Å². The van der Waals surface area contributed by atoms with Crippen molar-refractivity contribution in [2.24, 2.45) is 17.8 Å². The van der Waals surface area contributed by atoms with E-state index in [1.165, 1.54) is 12.8 Å². The average molecular weight is 158 g/mol. The first-order chi connectivity index (χ1) is 5.92. The molecule has 1 saturated carbocycles. The summed E-state index contributed by atoms with van der Waals surface area (Å²) in [7, 11) is 0. The molecular formula is C12H14. The number of allylic oxidation sites excluding steroid dienone is 5. The molecule has 0 N–H and O–H groups in total. The van der Waals surface area contributed by atoms with Gasteiger partial charge in [-0.2, -0.15) is 0 Å². The van der Waals surface area contributed by atoms with Gasteiger partial charge in [-0.15, -0.1) is 5.73 Å². The van der Waals surface area contributed by atoms with Crippen LogP contribution in [0.3, 0.4) is 0 Å². The smallest absolute Gasteiger partial charge is 0.00190 e. The van der Waals surface area contributed by atoms with Gasteiger partial charge >= 0.3 is 0 Å². The summed E-state index contributed by atoms with van der Waals surface area (Å²) in [5.41, 5.74) is 2.75. The summed E-state index contributed by atoms with van der Waals surface area (Å²) in [5, 5.41) is 0. The summed E-state index contributed by atoms with van der Waals surface area (Å²) in [6.45, 7) is 3.52. The molecule has 3 atom stereocenters. The van der Waals surface area contributed by atoms with Gasteiger partial charge in [0.1, 0.15) is 0 Å². The Kier molecular flexibility index (Phi) is 2.01. The topological polar surface area (TPSA) is 0 Å². The molecule has 12 heavy (non-hydrogen) atoms. The molecule has 0 saturated heterocycles. The van der Waals surface area contributed by atoms with Gasteiger partial charge in [-0.1, -0.05) is 30.9 Å². The lowest BCUT2D eigenvalue weighted by Gasteiger charge is -2.10. The van der Waals surface area contributed by atoms with Crippen LogP contribution in [0.1, 0.15) is 12.8 Å². The fraction of sp³-hybridized carbons (Fsp3) is 0.417. The highest BCUT2D eigenvalue weighted by atomic mass is 14.5. The van der Waals surface area contributed by atoms with Crippen molar-refractivity contribution in [2.45, 2.75) is 12.8 Å². The molecule has 3 unspecified atom stereocenters. The summed E-state index contributed by atoms with van der Waals surface area (Å²) in [6, 6.07) is 0. The largest absolute Gasteiger partial charge is 0.129 e. The number of hydrogen-bond acceptors (Lipinski definition) is 0. The lowest BCUT2D eigenvalue weighted by Crippen LogP contribution is -2.00. The third kappa shape index (κ3) is 1.44. The fourth-order valence-electron chi connectivity index (χ4n) is 2.03. The lowest BCUT2D eigenvalue weighted by molar-refractivity contribution is 0.592. The van der Waals surface area contributed by atoms with Crippen LogP contribution in [0, 0.1) is 17.8 Å². The zero-order valence-electron chi connectivity index (χ0n) is 7.24. The van der Waals surface area contributed by atoms with Gasteiger partial charge in [0.2, 0.25) is 0 Å². The molecule has 0 radical (unpaired) electrons. The van der Waals surface area contributed by atoms with Crippen molar-refractivity contribution in [1.82, 2.24) is 0 Å². The number of hydrogen-bond donors (Lipinski definition) is 0. The quantitative estimate of drug-likeness (QED) is 0.329. The minimum atomic E-state index is 0.688. The Morgan fingerprint density at radius 1 is 1.50 bits per heavy atom. The van der Waals surface area contributed by atoms with Crippen LogP contribution in [0.5, 0.6) is 0 Å². The van der Waals surface area contributed by atoms with E-state index in [0.29, 0.717) is 5.92 Å². The fourth-order valence-corrected chi connectivity index (χ4v) is 2.03. The predicted molar refractivity (Wildman–Crippen MR) is 51.7 cm³/mol. The first-order valence-electron chi connectivity index (χ1n) is 4.61. The van der Waals surface area contributed by atoms with Crippen LogP contribution in [0.25, 0.3) is 0 Å². The second-order valence-electron chi connectivity index (χ2n) is 3.66. The third-order valence-corrected chi connectivity index (χ3v) is 2.82. The summed E-state index contributed by atoms with van der Waals surface area (Å²) >= 11 is 0. The van der Waals surface area contributed by atoms with E-state index in [2.05, 4.69) is 36.6 Å². The molecule has 0 amide bonds. The zero-order chi connectivity index (χ0) is 8.39. The maximum atomic E-state index is 3.52. The number of rotatable bonds is 2. The predicted octanol–water partition coefficient (Wildman–Crippen LogP) is 3.10. The van der Waals surface area contributed by atoms with Gasteiger partial charge in [0, 0.05) is 0 Å². The van der Waals surface area contributed by atoms with Gasteiger partial charge in [0.15, 0.2) is 0 Å². The molecule has 2 rings (SSSR count). The van der Waals surface area contributed by atoms with E-state index in [4.69, 9.17) is 0 Å². The maximum absolute atomic E-state index is 3.52. The van der Waals surface area contributed by atoms with E-state index in [1.807, 2.05) is 6.08 Å². The Morgan fingerprint density at radius 2 is 2.42 bits per heavy atom. The molecule has 0 aromatic rings. The minimum Gasteiger partial charge on any atom is -0.129 e. The van der Waals surface area contributed by atoms with Crippen molar-refractivity contribution in [1.29, 1.82) is 0 Å².